The van der Waals surface area contributed by atoms with Crippen LogP contribution in [0.15, 0.2) is 40.9 Å². The maximum Gasteiger partial charge on any atom is 0.119 e. The number of rotatable bonds is 4. The zero-order chi connectivity index (χ0) is 14.7. The van der Waals surface area contributed by atoms with Crippen LogP contribution in [0.5, 0.6) is 5.75 Å². The van der Waals surface area contributed by atoms with E-state index in [1.807, 2.05) is 12.1 Å². The van der Waals surface area contributed by atoms with Crippen molar-refractivity contribution in [2.75, 3.05) is 12.4 Å². The number of methoxy groups -OCH3 is 1. The maximum absolute atomic E-state index is 5.28. The molecule has 1 N–H and O–H groups in total. The van der Waals surface area contributed by atoms with Crippen LogP contribution in [0.3, 0.4) is 0 Å². The van der Waals surface area contributed by atoms with Crippen LogP contribution in [-0.4, -0.2) is 7.11 Å². The fourth-order valence-electron chi connectivity index (χ4n) is 2.31. The Bertz CT molecular complexity index is 587. The summed E-state index contributed by atoms with van der Waals surface area (Å²) in [6.45, 7) is 6.38. The van der Waals surface area contributed by atoms with Crippen molar-refractivity contribution in [3.05, 3.63) is 57.6 Å². The van der Waals surface area contributed by atoms with Crippen LogP contribution in [0.1, 0.15) is 29.7 Å². The predicted octanol–water partition coefficient (Wildman–Crippen LogP) is 5.25. The lowest BCUT2D eigenvalue weighted by Gasteiger charge is -2.19. The normalized spacial score (nSPS) is 12.1. The van der Waals surface area contributed by atoms with E-state index < -0.39 is 0 Å². The Labute approximate surface area is 129 Å². The van der Waals surface area contributed by atoms with Crippen LogP contribution in [0.25, 0.3) is 0 Å². The van der Waals surface area contributed by atoms with Gasteiger partial charge in [-0.2, -0.15) is 0 Å². The number of hydrogen-bond donors (Lipinski definition) is 1. The van der Waals surface area contributed by atoms with E-state index in [0.717, 1.165) is 15.9 Å². The minimum atomic E-state index is 0.211. The second-order valence-corrected chi connectivity index (χ2v) is 5.94. The smallest absolute Gasteiger partial charge is 0.119 e. The molecule has 0 aromatic heterocycles. The van der Waals surface area contributed by atoms with E-state index in [0.29, 0.717) is 0 Å². The molecule has 2 nitrogen and oxygen atoms in total. The van der Waals surface area contributed by atoms with Crippen LogP contribution in [0.2, 0.25) is 0 Å². The molecule has 0 aliphatic heterocycles. The second-order valence-electron chi connectivity index (χ2n) is 5.08. The standard InChI is InChI=1S/C17H20BrNO/c1-11-8-12(2)17(16(18)9-11)19-13(3)14-6-5-7-15(10-14)20-4/h5-10,13,19H,1-4H3. The molecular weight excluding hydrogens is 314 g/mol. The molecule has 3 heteroatoms. The van der Waals surface area contributed by atoms with Crippen molar-refractivity contribution >= 4 is 21.6 Å². The zero-order valence-electron chi connectivity index (χ0n) is 12.3. The van der Waals surface area contributed by atoms with Gasteiger partial charge in [0.15, 0.2) is 0 Å². The molecule has 2 rings (SSSR count). The number of nitrogens with one attached hydrogen (secondary N) is 1. The van der Waals surface area contributed by atoms with Crippen molar-refractivity contribution in [2.45, 2.75) is 26.8 Å². The molecule has 1 atom stereocenters. The third-order valence-electron chi connectivity index (χ3n) is 3.39. The first kappa shape index (κ1) is 14.9. The van der Waals surface area contributed by atoms with Crippen molar-refractivity contribution in [2.24, 2.45) is 0 Å². The lowest BCUT2D eigenvalue weighted by Crippen LogP contribution is -2.08. The third kappa shape index (κ3) is 3.34. The van der Waals surface area contributed by atoms with Gasteiger partial charge in [-0.1, -0.05) is 18.2 Å². The van der Waals surface area contributed by atoms with Crippen LogP contribution in [0.4, 0.5) is 5.69 Å². The molecule has 0 amide bonds. The van der Waals surface area contributed by atoms with E-state index >= 15 is 0 Å². The summed E-state index contributed by atoms with van der Waals surface area (Å²) in [4.78, 5) is 0. The number of aryl methyl sites for hydroxylation is 2. The highest BCUT2D eigenvalue weighted by Gasteiger charge is 2.11. The van der Waals surface area contributed by atoms with E-state index in [4.69, 9.17) is 4.74 Å². The van der Waals surface area contributed by atoms with Gasteiger partial charge in [-0.15, -0.1) is 0 Å². The van der Waals surface area contributed by atoms with Gasteiger partial charge in [0.25, 0.3) is 0 Å². The first-order chi connectivity index (χ1) is 9.51. The van der Waals surface area contributed by atoms with Gasteiger partial charge in [-0.25, -0.2) is 0 Å². The quantitative estimate of drug-likeness (QED) is 0.825. The monoisotopic (exact) mass is 333 g/mol. The van der Waals surface area contributed by atoms with Crippen molar-refractivity contribution < 1.29 is 4.74 Å². The van der Waals surface area contributed by atoms with E-state index in [2.05, 4.69) is 66.3 Å². The average molecular weight is 334 g/mol. The molecule has 1 unspecified atom stereocenters. The summed E-state index contributed by atoms with van der Waals surface area (Å²) < 4.78 is 6.38. The van der Waals surface area contributed by atoms with Gasteiger partial charge < -0.3 is 10.1 Å². The van der Waals surface area contributed by atoms with Gasteiger partial charge in [-0.3, -0.25) is 0 Å². The minimum Gasteiger partial charge on any atom is -0.497 e. The van der Waals surface area contributed by atoms with E-state index in [9.17, 15) is 0 Å². The number of hydrogen-bond acceptors (Lipinski definition) is 2. The molecule has 0 spiro atoms. The molecule has 0 heterocycles. The first-order valence-corrected chi connectivity index (χ1v) is 7.48. The van der Waals surface area contributed by atoms with Gasteiger partial charge in [0.1, 0.15) is 5.75 Å². The molecule has 0 aliphatic rings. The van der Waals surface area contributed by atoms with Crippen molar-refractivity contribution in [3.8, 4) is 5.75 Å². The van der Waals surface area contributed by atoms with Crippen LogP contribution in [-0.2, 0) is 0 Å². The van der Waals surface area contributed by atoms with Gasteiger partial charge in [0.05, 0.1) is 12.8 Å². The minimum absolute atomic E-state index is 0.211. The summed E-state index contributed by atoms with van der Waals surface area (Å²) in [5, 5.41) is 3.57. The molecule has 0 aliphatic carbocycles. The van der Waals surface area contributed by atoms with Crippen molar-refractivity contribution in [1.29, 1.82) is 0 Å². The highest BCUT2D eigenvalue weighted by molar-refractivity contribution is 9.10. The zero-order valence-corrected chi connectivity index (χ0v) is 13.9. The Morgan fingerprint density at radius 2 is 1.90 bits per heavy atom. The predicted molar refractivity (Wildman–Crippen MR) is 88.6 cm³/mol. The van der Waals surface area contributed by atoms with E-state index in [-0.39, 0.29) is 6.04 Å². The molecule has 20 heavy (non-hydrogen) atoms. The summed E-state index contributed by atoms with van der Waals surface area (Å²) in [5.74, 6) is 0.885. The van der Waals surface area contributed by atoms with Crippen LogP contribution in [0, 0.1) is 13.8 Å². The van der Waals surface area contributed by atoms with Crippen LogP contribution >= 0.6 is 15.9 Å². The largest absolute Gasteiger partial charge is 0.497 e. The molecule has 0 saturated heterocycles. The third-order valence-corrected chi connectivity index (χ3v) is 4.01. The maximum atomic E-state index is 5.28. The van der Waals surface area contributed by atoms with Gasteiger partial charge in [-0.05, 0) is 71.6 Å². The van der Waals surface area contributed by atoms with Gasteiger partial charge in [0.2, 0.25) is 0 Å². The lowest BCUT2D eigenvalue weighted by molar-refractivity contribution is 0.414. The fourth-order valence-corrected chi connectivity index (χ4v) is 3.10. The summed E-state index contributed by atoms with van der Waals surface area (Å²) in [6, 6.07) is 12.7. The summed E-state index contributed by atoms with van der Waals surface area (Å²) in [6.07, 6.45) is 0. The Hall–Kier alpha value is -1.48. The molecule has 2 aromatic rings. The summed E-state index contributed by atoms with van der Waals surface area (Å²) >= 11 is 3.64. The number of halogens is 1. The SMILES string of the molecule is COc1cccc(C(C)Nc2c(C)cc(C)cc2Br)c1. The Kier molecular flexibility index (Phi) is 4.71. The highest BCUT2D eigenvalue weighted by Crippen LogP contribution is 2.31. The first-order valence-electron chi connectivity index (χ1n) is 6.68. The van der Waals surface area contributed by atoms with Crippen molar-refractivity contribution in [1.82, 2.24) is 0 Å². The fraction of sp³-hybridized carbons (Fsp3) is 0.294. The Balaban J connectivity index is 2.25. The number of ether oxygens (including phenoxy) is 1. The Morgan fingerprint density at radius 3 is 2.55 bits per heavy atom. The summed E-state index contributed by atoms with van der Waals surface area (Å²) in [5.41, 5.74) is 4.85. The molecule has 0 fully saturated rings. The average Bonchev–Trinajstić information content (AvgIpc) is 2.42. The summed E-state index contributed by atoms with van der Waals surface area (Å²) in [7, 11) is 1.69. The van der Waals surface area contributed by atoms with Crippen LogP contribution < -0.4 is 10.1 Å². The topological polar surface area (TPSA) is 21.3 Å². The van der Waals surface area contributed by atoms with Crippen molar-refractivity contribution in [3.63, 3.8) is 0 Å². The lowest BCUT2D eigenvalue weighted by atomic mass is 10.1. The van der Waals surface area contributed by atoms with E-state index in [1.165, 1.54) is 16.7 Å². The molecule has 0 bridgehead atoms. The van der Waals surface area contributed by atoms with Gasteiger partial charge >= 0.3 is 0 Å². The molecule has 2 aromatic carbocycles. The molecule has 0 radical (unpaired) electrons. The molecular formula is C17H20BrNO. The second kappa shape index (κ2) is 6.31. The molecule has 106 valence electrons. The van der Waals surface area contributed by atoms with Gasteiger partial charge in [0, 0.05) is 10.5 Å². The number of anilines is 1. The number of benzene rings is 2. The molecule has 0 saturated carbocycles. The Morgan fingerprint density at radius 1 is 1.15 bits per heavy atom. The highest BCUT2D eigenvalue weighted by atomic mass is 79.9. The van der Waals surface area contributed by atoms with E-state index in [1.54, 1.807) is 7.11 Å².